The molecule has 0 fully saturated rings. The molecule has 0 amide bonds. The standard InChI is InChI=1S/C23H18Cl2N2O2/c1-14-6-7-15(2)21(10-14)28-13-16-4-3-5-17(11-16)23-26-22(27-29-23)19-9-8-18(24)12-20(19)25/h3-12H,13H2,1-2H3. The van der Waals surface area contributed by atoms with E-state index in [0.717, 1.165) is 22.4 Å². The van der Waals surface area contributed by atoms with Gasteiger partial charge in [0.05, 0.1) is 5.02 Å². The van der Waals surface area contributed by atoms with Gasteiger partial charge in [0.15, 0.2) is 0 Å². The second-order valence-corrected chi connectivity index (χ2v) is 7.65. The van der Waals surface area contributed by atoms with Crippen molar-refractivity contribution in [2.45, 2.75) is 20.5 Å². The molecule has 0 aliphatic carbocycles. The van der Waals surface area contributed by atoms with Crippen molar-refractivity contribution in [3.05, 3.63) is 87.4 Å². The lowest BCUT2D eigenvalue weighted by atomic mass is 10.1. The zero-order chi connectivity index (χ0) is 20.4. The van der Waals surface area contributed by atoms with Crippen LogP contribution in [-0.4, -0.2) is 10.1 Å². The molecule has 146 valence electrons. The minimum atomic E-state index is 0.415. The summed E-state index contributed by atoms with van der Waals surface area (Å²) >= 11 is 12.2. The van der Waals surface area contributed by atoms with Crippen LogP contribution >= 0.6 is 23.2 Å². The Morgan fingerprint density at radius 3 is 2.66 bits per heavy atom. The van der Waals surface area contributed by atoms with Crippen LogP contribution in [0.5, 0.6) is 5.75 Å². The van der Waals surface area contributed by atoms with Crippen LogP contribution in [-0.2, 0) is 6.61 Å². The van der Waals surface area contributed by atoms with E-state index in [-0.39, 0.29) is 0 Å². The van der Waals surface area contributed by atoms with Crippen LogP contribution in [0, 0.1) is 13.8 Å². The Morgan fingerprint density at radius 1 is 0.966 bits per heavy atom. The summed E-state index contributed by atoms with van der Waals surface area (Å²) < 4.78 is 11.4. The summed E-state index contributed by atoms with van der Waals surface area (Å²) in [6.45, 7) is 4.53. The van der Waals surface area contributed by atoms with E-state index in [9.17, 15) is 0 Å². The average Bonchev–Trinajstić information content (AvgIpc) is 3.19. The number of ether oxygens (including phenoxy) is 1. The molecule has 4 rings (SSSR count). The molecule has 0 bridgehead atoms. The minimum Gasteiger partial charge on any atom is -0.489 e. The van der Waals surface area contributed by atoms with E-state index in [1.54, 1.807) is 18.2 Å². The highest BCUT2D eigenvalue weighted by Crippen LogP contribution is 2.30. The molecule has 4 nitrogen and oxygen atoms in total. The summed E-state index contributed by atoms with van der Waals surface area (Å²) in [6, 6.07) is 19.2. The number of aryl methyl sites for hydroxylation is 2. The van der Waals surface area contributed by atoms with Crippen LogP contribution < -0.4 is 4.74 Å². The number of nitrogens with zero attached hydrogens (tertiary/aromatic N) is 2. The summed E-state index contributed by atoms with van der Waals surface area (Å²) in [5.74, 6) is 1.71. The van der Waals surface area contributed by atoms with Crippen LogP contribution in [0.2, 0.25) is 10.0 Å². The van der Waals surface area contributed by atoms with Crippen molar-refractivity contribution < 1.29 is 9.26 Å². The van der Waals surface area contributed by atoms with E-state index in [2.05, 4.69) is 22.3 Å². The minimum absolute atomic E-state index is 0.415. The van der Waals surface area contributed by atoms with Gasteiger partial charge in [-0.05, 0) is 66.9 Å². The Hall–Kier alpha value is -2.82. The highest BCUT2D eigenvalue weighted by Gasteiger charge is 2.14. The smallest absolute Gasteiger partial charge is 0.258 e. The van der Waals surface area contributed by atoms with Gasteiger partial charge in [-0.3, -0.25) is 0 Å². The fourth-order valence-corrected chi connectivity index (χ4v) is 3.43. The van der Waals surface area contributed by atoms with Crippen LogP contribution in [0.25, 0.3) is 22.8 Å². The Bertz CT molecular complexity index is 1170. The average molecular weight is 425 g/mol. The largest absolute Gasteiger partial charge is 0.489 e. The first-order chi connectivity index (χ1) is 14.0. The van der Waals surface area contributed by atoms with Gasteiger partial charge in [-0.25, -0.2) is 0 Å². The van der Waals surface area contributed by atoms with Gasteiger partial charge in [-0.15, -0.1) is 0 Å². The Balaban J connectivity index is 1.55. The summed E-state index contributed by atoms with van der Waals surface area (Å²) in [4.78, 5) is 4.48. The molecular formula is C23H18Cl2N2O2. The number of benzene rings is 3. The third-order valence-electron chi connectivity index (χ3n) is 4.51. The van der Waals surface area contributed by atoms with Crippen molar-refractivity contribution in [2.75, 3.05) is 0 Å². The van der Waals surface area contributed by atoms with Crippen molar-refractivity contribution in [3.63, 3.8) is 0 Å². The van der Waals surface area contributed by atoms with E-state index >= 15 is 0 Å². The van der Waals surface area contributed by atoms with Crippen molar-refractivity contribution in [1.29, 1.82) is 0 Å². The van der Waals surface area contributed by atoms with Crippen LogP contribution in [0.4, 0.5) is 0 Å². The predicted molar refractivity (Wildman–Crippen MR) is 115 cm³/mol. The first-order valence-corrected chi connectivity index (χ1v) is 9.84. The molecule has 0 N–H and O–H groups in total. The van der Waals surface area contributed by atoms with Gasteiger partial charge in [-0.2, -0.15) is 4.98 Å². The maximum atomic E-state index is 6.25. The fourth-order valence-electron chi connectivity index (χ4n) is 2.94. The van der Waals surface area contributed by atoms with E-state index < -0.39 is 0 Å². The quantitative estimate of drug-likeness (QED) is 0.349. The highest BCUT2D eigenvalue weighted by molar-refractivity contribution is 6.36. The third kappa shape index (κ3) is 4.44. The van der Waals surface area contributed by atoms with Gasteiger partial charge in [0.25, 0.3) is 5.89 Å². The van der Waals surface area contributed by atoms with Crippen molar-refractivity contribution in [3.8, 4) is 28.6 Å². The normalized spacial score (nSPS) is 10.9. The number of rotatable bonds is 5. The lowest BCUT2D eigenvalue weighted by Gasteiger charge is -2.10. The highest BCUT2D eigenvalue weighted by atomic mass is 35.5. The first kappa shape index (κ1) is 19.5. The Kier molecular flexibility index (Phi) is 5.56. The summed E-state index contributed by atoms with van der Waals surface area (Å²) in [7, 11) is 0. The van der Waals surface area contributed by atoms with Gasteiger partial charge in [-0.1, -0.05) is 52.6 Å². The summed E-state index contributed by atoms with van der Waals surface area (Å²) in [6.07, 6.45) is 0. The van der Waals surface area contributed by atoms with E-state index in [1.807, 2.05) is 44.2 Å². The topological polar surface area (TPSA) is 48.2 Å². The number of hydrogen-bond acceptors (Lipinski definition) is 4. The SMILES string of the molecule is Cc1ccc(C)c(OCc2cccc(-c3nc(-c4ccc(Cl)cc4Cl)no3)c2)c1. The van der Waals surface area contributed by atoms with Crippen LogP contribution in [0.15, 0.2) is 65.2 Å². The molecule has 0 aliphatic heterocycles. The summed E-state index contributed by atoms with van der Waals surface area (Å²) in [5, 5.41) is 5.08. The molecule has 0 spiro atoms. The summed E-state index contributed by atoms with van der Waals surface area (Å²) in [5.41, 5.74) is 4.76. The molecule has 4 aromatic rings. The van der Waals surface area contributed by atoms with Crippen LogP contribution in [0.1, 0.15) is 16.7 Å². The van der Waals surface area contributed by atoms with Crippen LogP contribution in [0.3, 0.4) is 0 Å². The zero-order valence-corrected chi connectivity index (χ0v) is 17.5. The second-order valence-electron chi connectivity index (χ2n) is 6.81. The second kappa shape index (κ2) is 8.27. The maximum Gasteiger partial charge on any atom is 0.258 e. The van der Waals surface area contributed by atoms with Crippen molar-refractivity contribution in [2.24, 2.45) is 0 Å². The molecule has 0 aliphatic rings. The Labute approximate surface area is 179 Å². The lowest BCUT2D eigenvalue weighted by Crippen LogP contribution is -1.97. The molecule has 0 atom stereocenters. The molecule has 6 heteroatoms. The fraction of sp³-hybridized carbons (Fsp3) is 0.130. The van der Waals surface area contributed by atoms with Gasteiger partial charge < -0.3 is 9.26 Å². The van der Waals surface area contributed by atoms with E-state index in [1.165, 1.54) is 5.56 Å². The maximum absolute atomic E-state index is 6.25. The number of hydrogen-bond donors (Lipinski definition) is 0. The zero-order valence-electron chi connectivity index (χ0n) is 15.9. The first-order valence-electron chi connectivity index (χ1n) is 9.08. The molecule has 1 aromatic heterocycles. The molecule has 0 saturated carbocycles. The predicted octanol–water partition coefficient (Wildman–Crippen LogP) is 6.91. The van der Waals surface area contributed by atoms with Gasteiger partial charge in [0.2, 0.25) is 5.82 Å². The number of aromatic nitrogens is 2. The molecule has 29 heavy (non-hydrogen) atoms. The molecule has 3 aromatic carbocycles. The van der Waals surface area contributed by atoms with Gasteiger partial charge >= 0.3 is 0 Å². The van der Waals surface area contributed by atoms with E-state index in [4.69, 9.17) is 32.5 Å². The molecule has 0 radical (unpaired) electrons. The van der Waals surface area contributed by atoms with Crippen molar-refractivity contribution >= 4 is 23.2 Å². The van der Waals surface area contributed by atoms with Crippen molar-refractivity contribution in [1.82, 2.24) is 10.1 Å². The molecule has 0 saturated heterocycles. The Morgan fingerprint density at radius 2 is 1.83 bits per heavy atom. The molecule has 1 heterocycles. The molecular weight excluding hydrogens is 407 g/mol. The van der Waals surface area contributed by atoms with Gasteiger partial charge in [0.1, 0.15) is 12.4 Å². The monoisotopic (exact) mass is 424 g/mol. The number of halogens is 2. The lowest BCUT2D eigenvalue weighted by molar-refractivity contribution is 0.304. The van der Waals surface area contributed by atoms with E-state index in [0.29, 0.717) is 33.9 Å². The molecule has 0 unspecified atom stereocenters. The third-order valence-corrected chi connectivity index (χ3v) is 5.06. The van der Waals surface area contributed by atoms with Gasteiger partial charge in [0, 0.05) is 16.1 Å².